The lowest BCUT2D eigenvalue weighted by molar-refractivity contribution is 0.182. The molecule has 0 aliphatic carbocycles. The molecule has 0 saturated heterocycles. The first-order valence-corrected chi connectivity index (χ1v) is 7.76. The maximum atomic E-state index is 11.1. The first-order valence-electron chi connectivity index (χ1n) is 5.05. The van der Waals surface area contributed by atoms with Crippen molar-refractivity contribution in [3.63, 3.8) is 0 Å². The molecule has 18 heavy (non-hydrogen) atoms. The molecule has 0 amide bonds. The molecule has 9 heteroatoms. The molecule has 0 bridgehead atoms. The second-order valence-corrected chi connectivity index (χ2v) is 7.20. The normalized spacial score (nSPS) is 18.4. The van der Waals surface area contributed by atoms with Gasteiger partial charge in [-0.25, -0.2) is 4.98 Å². The van der Waals surface area contributed by atoms with Crippen LogP contribution >= 0.6 is 16.1 Å². The van der Waals surface area contributed by atoms with Gasteiger partial charge in [-0.2, -0.15) is 0 Å². The molecular formula is C9H12N2O5P2. The molecule has 0 radical (unpaired) electrons. The van der Waals surface area contributed by atoms with E-state index in [9.17, 15) is 14.2 Å². The number of pyridine rings is 1. The smallest absolute Gasteiger partial charge is 0.229 e. The Hall–Kier alpha value is -0.970. The first-order chi connectivity index (χ1) is 8.45. The van der Waals surface area contributed by atoms with Crippen molar-refractivity contribution in [1.29, 1.82) is 0 Å². The molecule has 3 N–H and O–H groups in total. The molecule has 2 heterocycles. The van der Waals surface area contributed by atoms with Crippen molar-refractivity contribution in [3.05, 3.63) is 36.3 Å². The van der Waals surface area contributed by atoms with Crippen LogP contribution in [0.25, 0.3) is 5.65 Å². The molecule has 0 aliphatic rings. The number of rotatable bonds is 4. The van der Waals surface area contributed by atoms with Crippen LogP contribution in [0.3, 0.4) is 0 Å². The molecule has 0 spiro atoms. The van der Waals surface area contributed by atoms with Crippen LogP contribution in [0.2, 0.25) is 0 Å². The number of nitrogens with zero attached hydrogens (tertiary/aromatic N) is 2. The van der Waals surface area contributed by atoms with Gasteiger partial charge >= 0.3 is 0 Å². The lowest BCUT2D eigenvalue weighted by atomic mass is 10.3. The highest BCUT2D eigenvalue weighted by Gasteiger charge is 2.40. The van der Waals surface area contributed by atoms with Crippen molar-refractivity contribution in [2.75, 3.05) is 0 Å². The number of hydrogen-bond donors (Lipinski definition) is 3. The number of aliphatic hydroxyl groups is 1. The Labute approximate surface area is 103 Å². The molecule has 2 aromatic rings. The Kier molecular flexibility index (Phi) is 3.71. The van der Waals surface area contributed by atoms with Crippen LogP contribution in [0, 0.1) is 0 Å². The molecule has 7 nitrogen and oxygen atoms in total. The molecule has 0 aliphatic heterocycles. The van der Waals surface area contributed by atoms with Gasteiger partial charge in [-0.3, -0.25) is 9.13 Å². The molecular weight excluding hydrogens is 278 g/mol. The van der Waals surface area contributed by atoms with Crippen LogP contribution in [0.15, 0.2) is 30.6 Å². The largest absolute Gasteiger partial charge is 0.371 e. The highest BCUT2D eigenvalue weighted by atomic mass is 31.2. The third-order valence-electron chi connectivity index (χ3n) is 2.64. The lowest BCUT2D eigenvalue weighted by Gasteiger charge is -2.20. The summed E-state index contributed by atoms with van der Waals surface area (Å²) in [4.78, 5) is 22.1. The molecule has 98 valence electrons. The van der Waals surface area contributed by atoms with Gasteiger partial charge in [0, 0.05) is 24.5 Å². The van der Waals surface area contributed by atoms with Gasteiger partial charge in [0.15, 0.2) is 0 Å². The fraction of sp³-hybridized carbons (Fsp3) is 0.222. The quantitative estimate of drug-likeness (QED) is 0.705. The summed E-state index contributed by atoms with van der Waals surface area (Å²) in [6, 6.07) is 5.20. The average Bonchev–Trinajstić information content (AvgIpc) is 2.72. The van der Waals surface area contributed by atoms with Gasteiger partial charge in [-0.05, 0) is 12.1 Å². The van der Waals surface area contributed by atoms with Gasteiger partial charge in [-0.15, -0.1) is 0 Å². The van der Waals surface area contributed by atoms with E-state index in [1.807, 2.05) is 0 Å². The SMILES string of the molecule is O=[PH](O)C(O)(Cc1cnc2ccccn12)[PH](=O)O. The zero-order valence-electron chi connectivity index (χ0n) is 9.15. The molecule has 0 saturated carbocycles. The van der Waals surface area contributed by atoms with E-state index >= 15 is 0 Å². The summed E-state index contributed by atoms with van der Waals surface area (Å²) in [5.74, 6) is 0. The van der Waals surface area contributed by atoms with E-state index in [4.69, 9.17) is 9.79 Å². The van der Waals surface area contributed by atoms with E-state index in [0.29, 0.717) is 11.3 Å². The zero-order chi connectivity index (χ0) is 13.3. The molecule has 0 aromatic carbocycles. The lowest BCUT2D eigenvalue weighted by Crippen LogP contribution is -2.23. The van der Waals surface area contributed by atoms with Crippen molar-refractivity contribution < 1.29 is 24.0 Å². The van der Waals surface area contributed by atoms with Gasteiger partial charge < -0.3 is 19.3 Å². The summed E-state index contributed by atoms with van der Waals surface area (Å²) >= 11 is 0. The van der Waals surface area contributed by atoms with Crippen molar-refractivity contribution in [3.8, 4) is 0 Å². The predicted molar refractivity (Wildman–Crippen MR) is 66.3 cm³/mol. The van der Waals surface area contributed by atoms with E-state index < -0.39 is 27.6 Å². The van der Waals surface area contributed by atoms with Crippen molar-refractivity contribution in [1.82, 2.24) is 9.38 Å². The van der Waals surface area contributed by atoms with Gasteiger partial charge in [0.1, 0.15) is 5.65 Å². The minimum atomic E-state index is -3.57. The van der Waals surface area contributed by atoms with Crippen LogP contribution in [-0.4, -0.2) is 29.4 Å². The fourth-order valence-corrected chi connectivity index (χ4v) is 3.02. The Morgan fingerprint density at radius 3 is 2.56 bits per heavy atom. The summed E-state index contributed by atoms with van der Waals surface area (Å²) < 4.78 is 23.8. The van der Waals surface area contributed by atoms with Crippen molar-refractivity contribution in [2.45, 2.75) is 11.5 Å². The maximum absolute atomic E-state index is 11.1. The van der Waals surface area contributed by atoms with E-state index in [0.717, 1.165) is 0 Å². The highest BCUT2D eigenvalue weighted by Crippen LogP contribution is 2.51. The maximum Gasteiger partial charge on any atom is 0.229 e. The van der Waals surface area contributed by atoms with E-state index in [2.05, 4.69) is 4.98 Å². The molecule has 0 fully saturated rings. The Morgan fingerprint density at radius 1 is 1.28 bits per heavy atom. The monoisotopic (exact) mass is 290 g/mol. The Balaban J connectivity index is 2.44. The summed E-state index contributed by atoms with van der Waals surface area (Å²) in [5, 5.41) is 7.34. The van der Waals surface area contributed by atoms with E-state index in [-0.39, 0.29) is 0 Å². The second-order valence-electron chi connectivity index (χ2n) is 3.83. The van der Waals surface area contributed by atoms with Gasteiger partial charge in [-0.1, -0.05) is 6.07 Å². The molecule has 2 rings (SSSR count). The topological polar surface area (TPSA) is 112 Å². The van der Waals surface area contributed by atoms with Gasteiger partial charge in [0.05, 0.1) is 0 Å². The third kappa shape index (κ3) is 2.28. The van der Waals surface area contributed by atoms with Crippen LogP contribution in [0.5, 0.6) is 0 Å². The number of fused-ring (bicyclic) bond motifs is 1. The Morgan fingerprint density at radius 2 is 1.94 bits per heavy atom. The van der Waals surface area contributed by atoms with E-state index in [1.54, 1.807) is 28.8 Å². The number of hydrogen-bond acceptors (Lipinski definition) is 4. The summed E-state index contributed by atoms with van der Waals surface area (Å²) in [6.45, 7) is 0. The van der Waals surface area contributed by atoms with Gasteiger partial charge in [0.2, 0.25) is 21.1 Å². The highest BCUT2D eigenvalue weighted by molar-refractivity contribution is 7.59. The van der Waals surface area contributed by atoms with E-state index in [1.165, 1.54) is 6.20 Å². The summed E-state index contributed by atoms with van der Waals surface area (Å²) in [7, 11) is -7.13. The third-order valence-corrected chi connectivity index (χ3v) is 5.69. The van der Waals surface area contributed by atoms with Crippen LogP contribution in [0.1, 0.15) is 5.69 Å². The summed E-state index contributed by atoms with van der Waals surface area (Å²) in [5.41, 5.74) is 0.984. The van der Waals surface area contributed by atoms with Crippen molar-refractivity contribution in [2.24, 2.45) is 0 Å². The van der Waals surface area contributed by atoms with Crippen LogP contribution in [0.4, 0.5) is 0 Å². The van der Waals surface area contributed by atoms with Gasteiger partial charge in [0.25, 0.3) is 0 Å². The summed E-state index contributed by atoms with van der Waals surface area (Å²) in [6.07, 6.45) is 2.65. The molecule has 2 unspecified atom stereocenters. The standard InChI is InChI=1S/C9H12N2O5P2/c12-9(17(13)14,18(15)16)5-7-6-10-8-3-1-2-4-11(7)8/h1-4,6,12,17-18H,5H2,(H,13,14)(H,15,16). The van der Waals surface area contributed by atoms with Crippen LogP contribution in [-0.2, 0) is 15.6 Å². The first kappa shape index (κ1) is 13.5. The Bertz CT molecular complexity index is 612. The van der Waals surface area contributed by atoms with Crippen molar-refractivity contribution >= 4 is 21.7 Å². The minimum Gasteiger partial charge on any atom is -0.371 e. The average molecular weight is 290 g/mol. The fourth-order valence-electron chi connectivity index (χ4n) is 1.62. The van der Waals surface area contributed by atoms with Crippen LogP contribution < -0.4 is 0 Å². The molecule has 2 atom stereocenters. The number of imidazole rings is 1. The zero-order valence-corrected chi connectivity index (χ0v) is 11.1. The molecule has 2 aromatic heterocycles. The number of aromatic nitrogens is 2. The predicted octanol–water partition coefficient (Wildman–Crippen LogP) is 0.457. The minimum absolute atomic E-state index is 0.396. The second kappa shape index (κ2) is 4.96.